The van der Waals surface area contributed by atoms with Crippen molar-refractivity contribution in [1.82, 2.24) is 4.98 Å². The van der Waals surface area contributed by atoms with Gasteiger partial charge < -0.3 is 0 Å². The van der Waals surface area contributed by atoms with Crippen molar-refractivity contribution in [3.8, 4) is 0 Å². The summed E-state index contributed by atoms with van der Waals surface area (Å²) in [5.74, 6) is 0. The molecule has 0 saturated carbocycles. The first-order valence-electron chi connectivity index (χ1n) is 4.76. The fourth-order valence-electron chi connectivity index (χ4n) is 1.03. The molecule has 0 N–H and O–H groups in total. The van der Waals surface area contributed by atoms with E-state index < -0.39 is 0 Å². The Balaban J connectivity index is 2.73. The highest BCUT2D eigenvalue weighted by atomic mass is 14.8. The Morgan fingerprint density at radius 2 is 2.00 bits per heavy atom. The number of aliphatic imine (C=N–C) groups is 2. The lowest BCUT2D eigenvalue weighted by atomic mass is 10.3. The van der Waals surface area contributed by atoms with Gasteiger partial charge in [0.25, 0.3) is 0 Å². The molecular formula is C11H15N3. The molecule has 3 nitrogen and oxygen atoms in total. The summed E-state index contributed by atoms with van der Waals surface area (Å²) in [4.78, 5) is 12.5. The largest absolute Gasteiger partial charge is 0.294 e. The van der Waals surface area contributed by atoms with Gasteiger partial charge in [-0.3, -0.25) is 9.98 Å². The normalized spacial score (nSPS) is 11.6. The SMILES string of the molecule is CCCN=Cc1cccc(C=NC)n1. The second-order valence-electron chi connectivity index (χ2n) is 2.91. The second-order valence-corrected chi connectivity index (χ2v) is 2.91. The molecule has 3 heteroatoms. The fraction of sp³-hybridized carbons (Fsp3) is 0.364. The molecule has 0 aromatic carbocycles. The molecule has 1 heterocycles. The van der Waals surface area contributed by atoms with Crippen LogP contribution in [-0.2, 0) is 0 Å². The third-order valence-corrected chi connectivity index (χ3v) is 1.63. The maximum atomic E-state index is 4.34. The van der Waals surface area contributed by atoms with Crippen molar-refractivity contribution in [2.24, 2.45) is 9.98 Å². The van der Waals surface area contributed by atoms with Gasteiger partial charge in [0.15, 0.2) is 0 Å². The van der Waals surface area contributed by atoms with E-state index in [2.05, 4.69) is 21.9 Å². The molecule has 0 unspecified atom stereocenters. The summed E-state index contributed by atoms with van der Waals surface area (Å²) in [5, 5.41) is 0. The molecular weight excluding hydrogens is 174 g/mol. The Kier molecular flexibility index (Phi) is 4.55. The van der Waals surface area contributed by atoms with Crippen molar-refractivity contribution in [1.29, 1.82) is 0 Å². The van der Waals surface area contributed by atoms with Gasteiger partial charge in [0.05, 0.1) is 11.4 Å². The Labute approximate surface area is 84.6 Å². The zero-order chi connectivity index (χ0) is 10.2. The van der Waals surface area contributed by atoms with E-state index in [9.17, 15) is 0 Å². The average molecular weight is 189 g/mol. The monoisotopic (exact) mass is 189 g/mol. The highest BCUT2D eigenvalue weighted by molar-refractivity contribution is 5.81. The highest BCUT2D eigenvalue weighted by Crippen LogP contribution is 1.95. The number of hydrogen-bond donors (Lipinski definition) is 0. The van der Waals surface area contributed by atoms with Gasteiger partial charge in [-0.2, -0.15) is 0 Å². The Hall–Kier alpha value is -1.51. The third kappa shape index (κ3) is 3.47. The van der Waals surface area contributed by atoms with Crippen LogP contribution in [0.1, 0.15) is 24.7 Å². The van der Waals surface area contributed by atoms with Gasteiger partial charge in [0.1, 0.15) is 0 Å². The van der Waals surface area contributed by atoms with Crippen molar-refractivity contribution in [3.05, 3.63) is 29.6 Å². The molecule has 0 aliphatic heterocycles. The quantitative estimate of drug-likeness (QED) is 0.667. The van der Waals surface area contributed by atoms with E-state index in [0.29, 0.717) is 0 Å². The number of aromatic nitrogens is 1. The maximum absolute atomic E-state index is 4.34. The molecule has 0 fully saturated rings. The molecule has 1 rings (SSSR count). The van der Waals surface area contributed by atoms with Crippen molar-refractivity contribution < 1.29 is 0 Å². The summed E-state index contributed by atoms with van der Waals surface area (Å²) >= 11 is 0. The van der Waals surface area contributed by atoms with Crippen LogP contribution in [0.15, 0.2) is 28.2 Å². The van der Waals surface area contributed by atoms with E-state index in [-0.39, 0.29) is 0 Å². The molecule has 0 saturated heterocycles. The summed E-state index contributed by atoms with van der Waals surface area (Å²) in [7, 11) is 1.74. The molecule has 0 spiro atoms. The van der Waals surface area contributed by atoms with Crippen LogP contribution in [0.5, 0.6) is 0 Å². The van der Waals surface area contributed by atoms with Crippen molar-refractivity contribution in [3.63, 3.8) is 0 Å². The van der Waals surface area contributed by atoms with E-state index in [1.54, 1.807) is 19.5 Å². The predicted molar refractivity (Wildman–Crippen MR) is 60.5 cm³/mol. The topological polar surface area (TPSA) is 37.6 Å². The lowest BCUT2D eigenvalue weighted by molar-refractivity contribution is 0.936. The molecule has 1 aromatic heterocycles. The summed E-state index contributed by atoms with van der Waals surface area (Å²) in [5.41, 5.74) is 1.75. The first kappa shape index (κ1) is 10.6. The van der Waals surface area contributed by atoms with E-state index in [1.165, 1.54) is 0 Å². The van der Waals surface area contributed by atoms with Crippen LogP contribution in [0.25, 0.3) is 0 Å². The summed E-state index contributed by atoms with van der Waals surface area (Å²) in [6.07, 6.45) is 4.60. The predicted octanol–water partition coefficient (Wildman–Crippen LogP) is 1.96. The lowest BCUT2D eigenvalue weighted by Crippen LogP contribution is -1.93. The fourth-order valence-corrected chi connectivity index (χ4v) is 1.03. The molecule has 0 aliphatic carbocycles. The van der Waals surface area contributed by atoms with Crippen LogP contribution < -0.4 is 0 Å². The smallest absolute Gasteiger partial charge is 0.0815 e. The summed E-state index contributed by atoms with van der Waals surface area (Å²) < 4.78 is 0. The van der Waals surface area contributed by atoms with Crippen molar-refractivity contribution >= 4 is 12.4 Å². The van der Waals surface area contributed by atoms with Gasteiger partial charge in [-0.1, -0.05) is 13.0 Å². The van der Waals surface area contributed by atoms with Crippen LogP contribution in [0.4, 0.5) is 0 Å². The lowest BCUT2D eigenvalue weighted by Gasteiger charge is -1.94. The van der Waals surface area contributed by atoms with Gasteiger partial charge in [-0.25, -0.2) is 4.98 Å². The molecule has 0 aliphatic rings. The minimum atomic E-state index is 0.855. The highest BCUT2D eigenvalue weighted by Gasteiger charge is 1.91. The van der Waals surface area contributed by atoms with Crippen LogP contribution in [0.2, 0.25) is 0 Å². The van der Waals surface area contributed by atoms with Crippen molar-refractivity contribution in [2.75, 3.05) is 13.6 Å². The second kappa shape index (κ2) is 6.02. The minimum Gasteiger partial charge on any atom is -0.294 e. The van der Waals surface area contributed by atoms with Crippen LogP contribution >= 0.6 is 0 Å². The Morgan fingerprint density at radius 3 is 2.64 bits per heavy atom. The van der Waals surface area contributed by atoms with E-state index in [4.69, 9.17) is 0 Å². The van der Waals surface area contributed by atoms with E-state index in [0.717, 1.165) is 24.4 Å². The Bertz CT molecular complexity index is 329. The van der Waals surface area contributed by atoms with E-state index >= 15 is 0 Å². The number of nitrogens with zero attached hydrogens (tertiary/aromatic N) is 3. The zero-order valence-electron chi connectivity index (χ0n) is 8.64. The molecule has 0 radical (unpaired) electrons. The summed E-state index contributed by atoms with van der Waals surface area (Å²) in [6, 6.07) is 5.81. The summed E-state index contributed by atoms with van der Waals surface area (Å²) in [6.45, 7) is 2.96. The Morgan fingerprint density at radius 1 is 1.29 bits per heavy atom. The van der Waals surface area contributed by atoms with Gasteiger partial charge in [-0.05, 0) is 18.6 Å². The molecule has 0 amide bonds. The third-order valence-electron chi connectivity index (χ3n) is 1.63. The molecule has 74 valence electrons. The van der Waals surface area contributed by atoms with Crippen molar-refractivity contribution in [2.45, 2.75) is 13.3 Å². The number of pyridine rings is 1. The molecule has 14 heavy (non-hydrogen) atoms. The standard InChI is InChI=1S/C11H15N3/c1-3-7-13-9-11-6-4-5-10(14-11)8-12-2/h4-6,8-9H,3,7H2,1-2H3. The van der Waals surface area contributed by atoms with Gasteiger partial charge in [0, 0.05) is 26.0 Å². The average Bonchev–Trinajstić information content (AvgIpc) is 2.19. The van der Waals surface area contributed by atoms with Crippen LogP contribution in [-0.4, -0.2) is 31.0 Å². The number of hydrogen-bond acceptors (Lipinski definition) is 3. The van der Waals surface area contributed by atoms with Gasteiger partial charge >= 0.3 is 0 Å². The minimum absolute atomic E-state index is 0.855. The van der Waals surface area contributed by atoms with Crippen LogP contribution in [0, 0.1) is 0 Å². The number of rotatable bonds is 4. The zero-order valence-corrected chi connectivity index (χ0v) is 8.64. The van der Waals surface area contributed by atoms with Gasteiger partial charge in [-0.15, -0.1) is 0 Å². The first-order valence-corrected chi connectivity index (χ1v) is 4.76. The van der Waals surface area contributed by atoms with E-state index in [1.807, 2.05) is 18.2 Å². The van der Waals surface area contributed by atoms with Gasteiger partial charge in [0.2, 0.25) is 0 Å². The molecule has 1 aromatic rings. The maximum Gasteiger partial charge on any atom is 0.0815 e. The molecule has 0 bridgehead atoms. The molecule has 0 atom stereocenters. The van der Waals surface area contributed by atoms with Crippen LogP contribution in [0.3, 0.4) is 0 Å². The first-order chi connectivity index (χ1) is 6.86.